The van der Waals surface area contributed by atoms with Gasteiger partial charge < -0.3 is 30.2 Å². The third-order valence-corrected chi connectivity index (χ3v) is 13.5. The van der Waals surface area contributed by atoms with Gasteiger partial charge in [0.05, 0.1) is 28.0 Å². The number of carbonyl (C=O) groups excluding carboxylic acids is 6. The van der Waals surface area contributed by atoms with Gasteiger partial charge in [0.15, 0.2) is 5.13 Å². The van der Waals surface area contributed by atoms with Crippen LogP contribution in [0.3, 0.4) is 0 Å². The van der Waals surface area contributed by atoms with E-state index in [1.54, 1.807) is 24.4 Å². The van der Waals surface area contributed by atoms with Gasteiger partial charge in [0.25, 0.3) is 17.7 Å². The zero-order chi connectivity index (χ0) is 46.9. The van der Waals surface area contributed by atoms with Crippen molar-refractivity contribution in [3.05, 3.63) is 81.1 Å². The maximum atomic E-state index is 12.8. The van der Waals surface area contributed by atoms with Crippen molar-refractivity contribution in [2.45, 2.75) is 59.4 Å². The van der Waals surface area contributed by atoms with E-state index < -0.39 is 11.8 Å². The molecule has 3 N–H and O–H groups in total. The van der Waals surface area contributed by atoms with E-state index in [1.165, 1.54) is 23.2 Å². The average Bonchev–Trinajstić information content (AvgIpc) is 3.88. The summed E-state index contributed by atoms with van der Waals surface area (Å²) in [6, 6.07) is 13.4. The van der Waals surface area contributed by atoms with Crippen LogP contribution in [-0.4, -0.2) is 155 Å². The summed E-state index contributed by atoms with van der Waals surface area (Å²) in [5.74, 6) is 0.462. The molecule has 0 spiro atoms. The van der Waals surface area contributed by atoms with Gasteiger partial charge in [-0.1, -0.05) is 42.0 Å². The van der Waals surface area contributed by atoms with E-state index in [9.17, 15) is 28.8 Å². The Hall–Kier alpha value is -6.02. The molecule has 0 radical (unpaired) electrons. The SMILES string of the molecule is CCN1CCN(c2ccc3c(c2)C(=O)N(CCCC(=O)NC(C)=O)C3=O)CC1.Cc1nc(Nc2ncc(C(=O)Nc3c(C)cccc3Cl)s2)cc(N2CCC(N3CCN(C=O)CC3)CC2)n1. The molecule has 18 nitrogen and oxygen atoms in total. The Morgan fingerprint density at radius 1 is 0.879 bits per heavy atom. The molecule has 20 heteroatoms. The van der Waals surface area contributed by atoms with Gasteiger partial charge in [-0.25, -0.2) is 15.0 Å². The van der Waals surface area contributed by atoms with E-state index in [0.29, 0.717) is 56.0 Å². The molecule has 0 saturated carbocycles. The van der Waals surface area contributed by atoms with Gasteiger partial charge in [0.2, 0.25) is 18.2 Å². The number of likely N-dealkylation sites (N-methyl/N-ethyl adjacent to an activating group) is 1. The molecule has 8 rings (SSSR count). The number of piperidine rings is 1. The number of anilines is 5. The zero-order valence-corrected chi connectivity index (χ0v) is 39.4. The van der Waals surface area contributed by atoms with Crippen LogP contribution in [0.25, 0.3) is 0 Å². The minimum atomic E-state index is -0.418. The predicted octanol–water partition coefficient (Wildman–Crippen LogP) is 4.81. The Morgan fingerprint density at radius 2 is 1.61 bits per heavy atom. The van der Waals surface area contributed by atoms with Crippen LogP contribution < -0.4 is 25.8 Å². The van der Waals surface area contributed by atoms with Crippen molar-refractivity contribution in [2.75, 3.05) is 99.0 Å². The number of carbonyl (C=O) groups is 6. The summed E-state index contributed by atoms with van der Waals surface area (Å²) in [6.07, 6.45) is 5.01. The normalized spacial score (nSPS) is 17.0. The highest BCUT2D eigenvalue weighted by molar-refractivity contribution is 7.17. The van der Waals surface area contributed by atoms with Gasteiger partial charge in [0.1, 0.15) is 22.3 Å². The highest BCUT2D eigenvalue weighted by Crippen LogP contribution is 2.31. The van der Waals surface area contributed by atoms with Crippen molar-refractivity contribution in [3.63, 3.8) is 0 Å². The van der Waals surface area contributed by atoms with E-state index in [0.717, 1.165) is 108 Å². The second-order valence-corrected chi connectivity index (χ2v) is 18.2. The Labute approximate surface area is 393 Å². The molecule has 2 aromatic carbocycles. The van der Waals surface area contributed by atoms with Crippen molar-refractivity contribution in [1.82, 2.24) is 39.9 Å². The predicted molar refractivity (Wildman–Crippen MR) is 255 cm³/mol. The molecule has 350 valence electrons. The molecule has 2 aromatic heterocycles. The third-order valence-electron chi connectivity index (χ3n) is 12.3. The lowest BCUT2D eigenvalue weighted by Crippen LogP contribution is -2.53. The highest BCUT2D eigenvalue weighted by atomic mass is 35.5. The molecule has 0 atom stereocenters. The topological polar surface area (TPSA) is 197 Å². The van der Waals surface area contributed by atoms with E-state index in [-0.39, 0.29) is 30.7 Å². The molecule has 0 bridgehead atoms. The molecule has 66 heavy (non-hydrogen) atoms. The minimum absolute atomic E-state index is 0.0833. The molecule has 4 aliphatic heterocycles. The summed E-state index contributed by atoms with van der Waals surface area (Å²) in [7, 11) is 0. The number of para-hydroxylation sites is 1. The number of imide groups is 2. The summed E-state index contributed by atoms with van der Waals surface area (Å²) in [6.45, 7) is 17.4. The average molecular weight is 942 g/mol. The fourth-order valence-corrected chi connectivity index (χ4v) is 9.60. The Bertz CT molecular complexity index is 2410. The van der Waals surface area contributed by atoms with Crippen molar-refractivity contribution in [2.24, 2.45) is 0 Å². The van der Waals surface area contributed by atoms with Gasteiger partial charge in [0, 0.05) is 103 Å². The monoisotopic (exact) mass is 940 g/mol. The molecular weight excluding hydrogens is 884 g/mol. The van der Waals surface area contributed by atoms with Gasteiger partial charge >= 0.3 is 0 Å². The van der Waals surface area contributed by atoms with E-state index in [2.05, 4.69) is 57.4 Å². The number of fused-ring (bicyclic) bond motifs is 1. The van der Waals surface area contributed by atoms with E-state index in [1.807, 2.05) is 43.0 Å². The minimum Gasteiger partial charge on any atom is -0.369 e. The van der Waals surface area contributed by atoms with Gasteiger partial charge in [-0.05, 0) is 69.5 Å². The van der Waals surface area contributed by atoms with Crippen LogP contribution in [0.15, 0.2) is 48.7 Å². The Morgan fingerprint density at radius 3 is 2.29 bits per heavy atom. The van der Waals surface area contributed by atoms with Crippen LogP contribution in [-0.2, 0) is 14.4 Å². The fraction of sp³-hybridized carbons (Fsp3) is 0.457. The van der Waals surface area contributed by atoms with Crippen LogP contribution >= 0.6 is 22.9 Å². The standard InChI is InChI=1S/C26H31ClN8O2S.C20H26N4O4/c1-17-4-3-5-20(27)24(17)32-25(37)21-15-28-26(38-21)31-22-14-23(30-18(2)29-22)35-8-6-19(7-9-35)34-12-10-33(16-36)11-13-34;1-3-22-9-11-23(12-10-22)15-6-7-16-17(13-15)20(28)24(19(16)27)8-4-5-18(26)21-14(2)25/h3-5,14-16,19H,6-13H2,1-2H3,(H,32,37)(H,28,29,30,31);6-7,13H,3-5,8-12H2,1-2H3,(H,21,25,26). The van der Waals surface area contributed by atoms with Crippen molar-refractivity contribution in [3.8, 4) is 0 Å². The first-order valence-corrected chi connectivity index (χ1v) is 23.6. The molecular formula is C46H57ClN12O6S. The molecule has 0 unspecified atom stereocenters. The molecule has 6 amide bonds. The quantitative estimate of drug-likeness (QED) is 0.122. The number of benzene rings is 2. The van der Waals surface area contributed by atoms with E-state index in [4.69, 9.17) is 11.6 Å². The second-order valence-electron chi connectivity index (χ2n) is 16.7. The first-order valence-electron chi connectivity index (χ1n) is 22.4. The maximum Gasteiger partial charge on any atom is 0.267 e. The number of halogens is 1. The number of aromatic nitrogens is 3. The van der Waals surface area contributed by atoms with Gasteiger partial charge in [-0.15, -0.1) is 0 Å². The number of piperazine rings is 2. The molecule has 4 aliphatic rings. The van der Waals surface area contributed by atoms with Crippen LogP contribution in [0.4, 0.5) is 28.1 Å². The summed E-state index contributed by atoms with van der Waals surface area (Å²) < 4.78 is 0. The summed E-state index contributed by atoms with van der Waals surface area (Å²) >= 11 is 7.50. The summed E-state index contributed by atoms with van der Waals surface area (Å²) in [5.41, 5.74) is 3.29. The lowest BCUT2D eigenvalue weighted by atomic mass is 10.0. The van der Waals surface area contributed by atoms with Crippen LogP contribution in [0, 0.1) is 13.8 Å². The molecule has 3 saturated heterocycles. The molecule has 0 aliphatic carbocycles. The number of nitrogens with zero attached hydrogens (tertiary/aromatic N) is 9. The first-order chi connectivity index (χ1) is 31.8. The maximum absolute atomic E-state index is 12.8. The summed E-state index contributed by atoms with van der Waals surface area (Å²) in [4.78, 5) is 98.0. The third kappa shape index (κ3) is 11.9. The van der Waals surface area contributed by atoms with Crippen LogP contribution in [0.2, 0.25) is 5.02 Å². The first kappa shape index (κ1) is 47.9. The van der Waals surface area contributed by atoms with Gasteiger partial charge in [-0.2, -0.15) is 0 Å². The van der Waals surface area contributed by atoms with Gasteiger partial charge in [-0.3, -0.25) is 43.9 Å². The number of hydrogen-bond acceptors (Lipinski definition) is 15. The molecule has 3 fully saturated rings. The smallest absolute Gasteiger partial charge is 0.267 e. The zero-order valence-electron chi connectivity index (χ0n) is 37.8. The number of thiazole rings is 1. The largest absolute Gasteiger partial charge is 0.369 e. The number of amides is 6. The van der Waals surface area contributed by atoms with Crippen molar-refractivity contribution >= 4 is 87.0 Å². The lowest BCUT2D eigenvalue weighted by Gasteiger charge is -2.42. The van der Waals surface area contributed by atoms with Crippen LogP contribution in [0.5, 0.6) is 0 Å². The summed E-state index contributed by atoms with van der Waals surface area (Å²) in [5, 5.41) is 9.37. The number of rotatable bonds is 13. The number of nitrogens with one attached hydrogen (secondary N) is 3. The van der Waals surface area contributed by atoms with Crippen molar-refractivity contribution < 1.29 is 28.8 Å². The Kier molecular flexibility index (Phi) is 16.0. The molecule has 4 aromatic rings. The van der Waals surface area contributed by atoms with E-state index >= 15 is 0 Å². The van der Waals surface area contributed by atoms with Crippen LogP contribution in [0.1, 0.15) is 81.3 Å². The lowest BCUT2D eigenvalue weighted by molar-refractivity contribution is -0.129. The molecule has 6 heterocycles. The highest BCUT2D eigenvalue weighted by Gasteiger charge is 2.36. The fourth-order valence-electron chi connectivity index (χ4n) is 8.62. The van der Waals surface area contributed by atoms with Crippen molar-refractivity contribution in [1.29, 1.82) is 0 Å². The number of aryl methyl sites for hydroxylation is 2. The Balaban J connectivity index is 0.000000206. The number of hydrogen-bond donors (Lipinski definition) is 3. The second kappa shape index (κ2) is 22.0.